The minimum atomic E-state index is -0.250. The van der Waals surface area contributed by atoms with E-state index >= 15 is 0 Å². The summed E-state index contributed by atoms with van der Waals surface area (Å²) < 4.78 is 0. The highest BCUT2D eigenvalue weighted by molar-refractivity contribution is 5.79. The van der Waals surface area contributed by atoms with Crippen LogP contribution in [0.15, 0.2) is 54.6 Å². The topological polar surface area (TPSA) is 98.2 Å². The molecule has 2 amide bonds. The van der Waals surface area contributed by atoms with Gasteiger partial charge in [0.1, 0.15) is 0 Å². The van der Waals surface area contributed by atoms with Crippen molar-refractivity contribution in [2.24, 2.45) is 11.3 Å². The number of aryl methyl sites for hydroxylation is 1. The van der Waals surface area contributed by atoms with Crippen molar-refractivity contribution in [1.82, 2.24) is 9.80 Å². The van der Waals surface area contributed by atoms with Gasteiger partial charge in [0.15, 0.2) is 0 Å². The Balaban J connectivity index is 0.000000968. The molecule has 2 aromatic rings. The molecule has 0 unspecified atom stereocenters. The van der Waals surface area contributed by atoms with Crippen molar-refractivity contribution in [3.05, 3.63) is 71.3 Å². The molecule has 0 bridgehead atoms. The van der Waals surface area contributed by atoms with Gasteiger partial charge < -0.3 is 20.0 Å². The molecule has 4 rings (SSSR count). The highest BCUT2D eigenvalue weighted by Crippen LogP contribution is 2.46. The van der Waals surface area contributed by atoms with E-state index in [9.17, 15) is 14.7 Å². The standard InChI is InChI=1S/C25H30N2O3.CH2O2/c1-19(29)26-14-23-15-27(24(30)13-21-7-9-22(16-28)10-8-21)18-25(23,17-26)12-11-20-5-3-2-4-6-20;2-1-3/h2-10,23,28H,11-18H2,1H3;1H,(H,2,3)/t23-,25+;/m1./s1. The zero-order valence-corrected chi connectivity index (χ0v) is 19.0. The van der Waals surface area contributed by atoms with E-state index in [0.29, 0.717) is 12.3 Å². The normalized spacial score (nSPS) is 21.2. The molecular weight excluding hydrogens is 420 g/mol. The molecule has 0 spiro atoms. The average Bonchev–Trinajstić information content (AvgIpc) is 3.34. The molecule has 2 aliphatic rings. The Morgan fingerprint density at radius 2 is 1.55 bits per heavy atom. The van der Waals surface area contributed by atoms with Crippen LogP contribution in [0.3, 0.4) is 0 Å². The summed E-state index contributed by atoms with van der Waals surface area (Å²) in [4.78, 5) is 37.4. The maximum Gasteiger partial charge on any atom is 0.290 e. The maximum atomic E-state index is 13.0. The van der Waals surface area contributed by atoms with E-state index in [1.54, 1.807) is 6.92 Å². The number of rotatable bonds is 6. The van der Waals surface area contributed by atoms with E-state index in [2.05, 4.69) is 24.3 Å². The fraction of sp³-hybridized carbons (Fsp3) is 0.423. The summed E-state index contributed by atoms with van der Waals surface area (Å²) in [5, 5.41) is 16.1. The number of fused-ring (bicyclic) bond motifs is 1. The van der Waals surface area contributed by atoms with Gasteiger partial charge in [-0.1, -0.05) is 54.6 Å². The summed E-state index contributed by atoms with van der Waals surface area (Å²) in [7, 11) is 0. The summed E-state index contributed by atoms with van der Waals surface area (Å²) in [5.41, 5.74) is 3.11. The lowest BCUT2D eigenvalue weighted by Gasteiger charge is -2.29. The van der Waals surface area contributed by atoms with Gasteiger partial charge in [0.2, 0.25) is 11.8 Å². The number of carbonyl (C=O) groups excluding carboxylic acids is 2. The highest BCUT2D eigenvalue weighted by Gasteiger charge is 2.53. The van der Waals surface area contributed by atoms with Crippen molar-refractivity contribution in [1.29, 1.82) is 0 Å². The van der Waals surface area contributed by atoms with Crippen LogP contribution in [0.5, 0.6) is 0 Å². The van der Waals surface area contributed by atoms with Crippen molar-refractivity contribution < 1.29 is 24.6 Å². The molecule has 0 aromatic heterocycles. The second-order valence-electron chi connectivity index (χ2n) is 8.98. The summed E-state index contributed by atoms with van der Waals surface area (Å²) in [5.74, 6) is 0.616. The molecule has 7 nitrogen and oxygen atoms in total. The Kier molecular flexibility index (Phi) is 8.22. The van der Waals surface area contributed by atoms with Crippen LogP contribution in [0.2, 0.25) is 0 Å². The molecule has 176 valence electrons. The van der Waals surface area contributed by atoms with Crippen molar-refractivity contribution in [3.8, 4) is 0 Å². The van der Waals surface area contributed by atoms with Gasteiger partial charge in [-0.15, -0.1) is 0 Å². The summed E-state index contributed by atoms with van der Waals surface area (Å²) in [6.45, 7) is 4.35. The minimum Gasteiger partial charge on any atom is -0.483 e. The number of nitrogens with zero attached hydrogens (tertiary/aromatic N) is 2. The van der Waals surface area contributed by atoms with E-state index in [1.807, 2.05) is 40.1 Å². The number of hydrogen-bond donors (Lipinski definition) is 2. The molecule has 2 aromatic carbocycles. The number of carbonyl (C=O) groups is 3. The number of hydrogen-bond acceptors (Lipinski definition) is 4. The fourth-order valence-electron chi connectivity index (χ4n) is 5.05. The van der Waals surface area contributed by atoms with Gasteiger partial charge in [-0.3, -0.25) is 14.4 Å². The van der Waals surface area contributed by atoms with Crippen LogP contribution in [0.25, 0.3) is 0 Å². The lowest BCUT2D eigenvalue weighted by atomic mass is 9.76. The smallest absolute Gasteiger partial charge is 0.290 e. The molecule has 2 atom stereocenters. The quantitative estimate of drug-likeness (QED) is 0.656. The predicted octanol–water partition coefficient (Wildman–Crippen LogP) is 2.36. The number of benzene rings is 2. The largest absolute Gasteiger partial charge is 0.483 e. The van der Waals surface area contributed by atoms with Gasteiger partial charge in [0.05, 0.1) is 13.0 Å². The summed E-state index contributed by atoms with van der Waals surface area (Å²) >= 11 is 0. The van der Waals surface area contributed by atoms with Crippen molar-refractivity contribution in [3.63, 3.8) is 0 Å². The number of likely N-dealkylation sites (tertiary alicyclic amines) is 2. The van der Waals surface area contributed by atoms with Crippen molar-refractivity contribution in [2.45, 2.75) is 32.8 Å². The lowest BCUT2D eigenvalue weighted by Crippen LogP contribution is -2.38. The van der Waals surface area contributed by atoms with Gasteiger partial charge in [-0.05, 0) is 29.5 Å². The Morgan fingerprint density at radius 1 is 0.970 bits per heavy atom. The van der Waals surface area contributed by atoms with Crippen molar-refractivity contribution in [2.75, 3.05) is 26.2 Å². The van der Waals surface area contributed by atoms with Crippen LogP contribution in [0, 0.1) is 11.3 Å². The number of carboxylic acid groups (broad SMARTS) is 1. The lowest BCUT2D eigenvalue weighted by molar-refractivity contribution is -0.130. The summed E-state index contributed by atoms with van der Waals surface area (Å²) in [6, 6.07) is 18.0. The Morgan fingerprint density at radius 3 is 2.15 bits per heavy atom. The van der Waals surface area contributed by atoms with Crippen LogP contribution in [-0.4, -0.2) is 64.5 Å². The molecule has 2 heterocycles. The van der Waals surface area contributed by atoms with Crippen LogP contribution in [0.1, 0.15) is 30.0 Å². The maximum absolute atomic E-state index is 13.0. The molecule has 2 N–H and O–H groups in total. The Labute approximate surface area is 194 Å². The number of amides is 2. The first-order valence-electron chi connectivity index (χ1n) is 11.2. The van der Waals surface area contributed by atoms with Crippen LogP contribution >= 0.6 is 0 Å². The monoisotopic (exact) mass is 452 g/mol. The molecule has 33 heavy (non-hydrogen) atoms. The van der Waals surface area contributed by atoms with E-state index in [-0.39, 0.29) is 30.3 Å². The van der Waals surface area contributed by atoms with Gasteiger partial charge in [0.25, 0.3) is 6.47 Å². The highest BCUT2D eigenvalue weighted by atomic mass is 16.3. The predicted molar refractivity (Wildman–Crippen MR) is 124 cm³/mol. The zero-order chi connectivity index (χ0) is 23.8. The third kappa shape index (κ3) is 5.99. The summed E-state index contributed by atoms with van der Waals surface area (Å²) in [6.07, 6.45) is 2.33. The third-order valence-electron chi connectivity index (χ3n) is 6.87. The number of aliphatic hydroxyl groups is 1. The molecule has 7 heteroatoms. The second kappa shape index (κ2) is 11.1. The second-order valence-corrected chi connectivity index (χ2v) is 8.98. The average molecular weight is 453 g/mol. The SMILES string of the molecule is CC(=O)N1C[C@@H]2CN(C(=O)Cc3ccc(CO)cc3)C[C@]2(CCc2ccccc2)C1.O=CO. The van der Waals surface area contributed by atoms with Crippen LogP contribution in [0.4, 0.5) is 0 Å². The van der Waals surface area contributed by atoms with E-state index in [0.717, 1.165) is 50.1 Å². The first kappa shape index (κ1) is 24.5. The minimum absolute atomic E-state index is 0.0125. The first-order valence-corrected chi connectivity index (χ1v) is 11.2. The molecular formula is C26H32N2O5. The first-order chi connectivity index (χ1) is 15.9. The van der Waals surface area contributed by atoms with Gasteiger partial charge in [-0.2, -0.15) is 0 Å². The van der Waals surface area contributed by atoms with Crippen molar-refractivity contribution >= 4 is 18.3 Å². The molecule has 0 radical (unpaired) electrons. The van der Waals surface area contributed by atoms with Gasteiger partial charge in [-0.25, -0.2) is 0 Å². The molecule has 0 aliphatic carbocycles. The van der Waals surface area contributed by atoms with E-state index in [4.69, 9.17) is 9.90 Å². The van der Waals surface area contributed by atoms with Crippen LogP contribution < -0.4 is 0 Å². The van der Waals surface area contributed by atoms with E-state index < -0.39 is 0 Å². The molecule has 2 aliphatic heterocycles. The Hall–Kier alpha value is -3.19. The number of aliphatic hydroxyl groups excluding tert-OH is 1. The van der Waals surface area contributed by atoms with Gasteiger partial charge in [0, 0.05) is 44.4 Å². The van der Waals surface area contributed by atoms with Crippen LogP contribution in [-0.2, 0) is 33.8 Å². The molecule has 2 fully saturated rings. The third-order valence-corrected chi connectivity index (χ3v) is 6.87. The zero-order valence-electron chi connectivity index (χ0n) is 19.0. The molecule has 0 saturated carbocycles. The fourth-order valence-corrected chi connectivity index (χ4v) is 5.05. The van der Waals surface area contributed by atoms with Gasteiger partial charge >= 0.3 is 0 Å². The Bertz CT molecular complexity index is 947. The van der Waals surface area contributed by atoms with E-state index in [1.165, 1.54) is 5.56 Å². The molecule has 2 saturated heterocycles.